The summed E-state index contributed by atoms with van der Waals surface area (Å²) in [6.07, 6.45) is 4.15. The molecule has 15 heavy (non-hydrogen) atoms. The summed E-state index contributed by atoms with van der Waals surface area (Å²) in [4.78, 5) is 5.18. The SMILES string of the molecule is CNC1CCCC1N1CCN(C)C(C)C1. The third-order valence-corrected chi connectivity index (χ3v) is 4.31. The smallest absolute Gasteiger partial charge is 0.0250 e. The van der Waals surface area contributed by atoms with Crippen molar-refractivity contribution in [3.8, 4) is 0 Å². The van der Waals surface area contributed by atoms with Crippen LogP contribution in [-0.4, -0.2) is 61.7 Å². The Bertz CT molecular complexity index is 207. The lowest BCUT2D eigenvalue weighted by Crippen LogP contribution is -2.56. The molecular weight excluding hydrogens is 186 g/mol. The lowest BCUT2D eigenvalue weighted by atomic mass is 10.1. The topological polar surface area (TPSA) is 18.5 Å². The maximum Gasteiger partial charge on any atom is 0.0250 e. The minimum absolute atomic E-state index is 0.719. The van der Waals surface area contributed by atoms with Crippen LogP contribution in [0.15, 0.2) is 0 Å². The van der Waals surface area contributed by atoms with Gasteiger partial charge in [-0.25, -0.2) is 0 Å². The van der Waals surface area contributed by atoms with E-state index in [1.165, 1.54) is 38.9 Å². The molecule has 88 valence electrons. The van der Waals surface area contributed by atoms with E-state index >= 15 is 0 Å². The lowest BCUT2D eigenvalue weighted by molar-refractivity contribution is 0.0652. The fourth-order valence-corrected chi connectivity index (χ4v) is 3.09. The van der Waals surface area contributed by atoms with E-state index in [-0.39, 0.29) is 0 Å². The monoisotopic (exact) mass is 211 g/mol. The zero-order chi connectivity index (χ0) is 10.8. The molecule has 1 aliphatic heterocycles. The Morgan fingerprint density at radius 1 is 1.20 bits per heavy atom. The fraction of sp³-hybridized carbons (Fsp3) is 1.00. The van der Waals surface area contributed by atoms with Crippen molar-refractivity contribution in [1.29, 1.82) is 0 Å². The van der Waals surface area contributed by atoms with Crippen molar-refractivity contribution in [2.75, 3.05) is 33.7 Å². The van der Waals surface area contributed by atoms with Gasteiger partial charge < -0.3 is 10.2 Å². The van der Waals surface area contributed by atoms with Crippen molar-refractivity contribution in [1.82, 2.24) is 15.1 Å². The first-order valence-electron chi connectivity index (χ1n) is 6.34. The highest BCUT2D eigenvalue weighted by atomic mass is 15.3. The standard InChI is InChI=1S/C12H25N3/c1-10-9-15(8-7-14(10)3)12-6-4-5-11(12)13-2/h10-13H,4-9H2,1-3H3. The van der Waals surface area contributed by atoms with Crippen LogP contribution in [0.4, 0.5) is 0 Å². The van der Waals surface area contributed by atoms with Gasteiger partial charge in [0.05, 0.1) is 0 Å². The van der Waals surface area contributed by atoms with Crippen LogP contribution in [0.1, 0.15) is 26.2 Å². The van der Waals surface area contributed by atoms with Gasteiger partial charge in [-0.3, -0.25) is 4.90 Å². The molecule has 3 heteroatoms. The number of hydrogen-bond acceptors (Lipinski definition) is 3. The molecule has 0 bridgehead atoms. The van der Waals surface area contributed by atoms with Gasteiger partial charge in [0.25, 0.3) is 0 Å². The van der Waals surface area contributed by atoms with Crippen LogP contribution in [0, 0.1) is 0 Å². The maximum atomic E-state index is 3.48. The number of nitrogens with one attached hydrogen (secondary N) is 1. The number of nitrogens with zero attached hydrogens (tertiary/aromatic N) is 2. The van der Waals surface area contributed by atoms with Gasteiger partial charge in [0, 0.05) is 37.8 Å². The van der Waals surface area contributed by atoms with Crippen molar-refractivity contribution in [2.24, 2.45) is 0 Å². The number of hydrogen-bond donors (Lipinski definition) is 1. The maximum absolute atomic E-state index is 3.48. The van der Waals surface area contributed by atoms with Gasteiger partial charge in [0.1, 0.15) is 0 Å². The normalized spacial score (nSPS) is 39.8. The van der Waals surface area contributed by atoms with Gasteiger partial charge in [-0.05, 0) is 33.9 Å². The second kappa shape index (κ2) is 4.81. The first-order valence-corrected chi connectivity index (χ1v) is 6.34. The number of likely N-dealkylation sites (N-methyl/N-ethyl adjacent to an activating group) is 2. The third kappa shape index (κ3) is 2.35. The Hall–Kier alpha value is -0.120. The Morgan fingerprint density at radius 2 is 2.00 bits per heavy atom. The summed E-state index contributed by atoms with van der Waals surface area (Å²) in [6, 6.07) is 2.25. The van der Waals surface area contributed by atoms with Crippen LogP contribution in [0.3, 0.4) is 0 Å². The molecule has 2 fully saturated rings. The second-order valence-corrected chi connectivity index (χ2v) is 5.22. The molecular formula is C12H25N3. The molecule has 1 heterocycles. The van der Waals surface area contributed by atoms with E-state index in [9.17, 15) is 0 Å². The van der Waals surface area contributed by atoms with E-state index in [0.29, 0.717) is 0 Å². The van der Waals surface area contributed by atoms with Crippen LogP contribution in [-0.2, 0) is 0 Å². The molecule has 0 amide bonds. The fourth-order valence-electron chi connectivity index (χ4n) is 3.09. The first kappa shape index (κ1) is 11.4. The predicted octanol–water partition coefficient (Wildman–Crippen LogP) is 0.763. The summed E-state index contributed by atoms with van der Waals surface area (Å²) in [5.74, 6) is 0. The second-order valence-electron chi connectivity index (χ2n) is 5.22. The van der Waals surface area contributed by atoms with E-state index in [0.717, 1.165) is 18.1 Å². The molecule has 0 spiro atoms. The van der Waals surface area contributed by atoms with Gasteiger partial charge in [0.15, 0.2) is 0 Å². The highest BCUT2D eigenvalue weighted by Crippen LogP contribution is 2.25. The summed E-state index contributed by atoms with van der Waals surface area (Å²) in [5.41, 5.74) is 0. The van der Waals surface area contributed by atoms with Gasteiger partial charge in [-0.15, -0.1) is 0 Å². The van der Waals surface area contributed by atoms with E-state index < -0.39 is 0 Å². The molecule has 0 aromatic rings. The molecule has 1 saturated heterocycles. The predicted molar refractivity (Wildman–Crippen MR) is 64.2 cm³/mol. The van der Waals surface area contributed by atoms with Crippen molar-refractivity contribution in [3.63, 3.8) is 0 Å². The quantitative estimate of drug-likeness (QED) is 0.727. The van der Waals surface area contributed by atoms with E-state index in [2.05, 4.69) is 36.1 Å². The zero-order valence-corrected chi connectivity index (χ0v) is 10.4. The molecule has 1 N–H and O–H groups in total. The van der Waals surface area contributed by atoms with Crippen molar-refractivity contribution < 1.29 is 0 Å². The van der Waals surface area contributed by atoms with Crippen LogP contribution in [0.5, 0.6) is 0 Å². The van der Waals surface area contributed by atoms with Gasteiger partial charge >= 0.3 is 0 Å². The summed E-state index contributed by atoms with van der Waals surface area (Å²) in [5, 5.41) is 3.48. The summed E-state index contributed by atoms with van der Waals surface area (Å²) in [6.45, 7) is 6.08. The Kier molecular flexibility index (Phi) is 3.65. The molecule has 3 unspecified atom stereocenters. The van der Waals surface area contributed by atoms with Crippen molar-refractivity contribution >= 4 is 0 Å². The number of piperazine rings is 1. The minimum Gasteiger partial charge on any atom is -0.315 e. The Balaban J connectivity index is 1.93. The average molecular weight is 211 g/mol. The molecule has 2 rings (SSSR count). The van der Waals surface area contributed by atoms with Crippen LogP contribution >= 0.6 is 0 Å². The highest BCUT2D eigenvalue weighted by Gasteiger charge is 2.33. The summed E-state index contributed by atoms with van der Waals surface area (Å²) < 4.78 is 0. The van der Waals surface area contributed by atoms with Crippen molar-refractivity contribution in [3.05, 3.63) is 0 Å². The van der Waals surface area contributed by atoms with E-state index in [1.807, 2.05) is 0 Å². The minimum atomic E-state index is 0.719. The Morgan fingerprint density at radius 3 is 2.67 bits per heavy atom. The van der Waals surface area contributed by atoms with Gasteiger partial charge in [-0.1, -0.05) is 6.42 Å². The van der Waals surface area contributed by atoms with Crippen LogP contribution in [0.2, 0.25) is 0 Å². The molecule has 2 aliphatic rings. The molecule has 0 aromatic carbocycles. The molecule has 3 atom stereocenters. The summed E-state index contributed by atoms with van der Waals surface area (Å²) in [7, 11) is 4.36. The lowest BCUT2D eigenvalue weighted by Gasteiger charge is -2.42. The first-order chi connectivity index (χ1) is 7.22. The van der Waals surface area contributed by atoms with Crippen LogP contribution < -0.4 is 5.32 Å². The van der Waals surface area contributed by atoms with E-state index in [4.69, 9.17) is 0 Å². The molecule has 0 aromatic heterocycles. The molecule has 0 radical (unpaired) electrons. The van der Waals surface area contributed by atoms with Gasteiger partial charge in [-0.2, -0.15) is 0 Å². The average Bonchev–Trinajstić information content (AvgIpc) is 2.70. The van der Waals surface area contributed by atoms with E-state index in [1.54, 1.807) is 0 Å². The summed E-state index contributed by atoms with van der Waals surface area (Å²) >= 11 is 0. The highest BCUT2D eigenvalue weighted by molar-refractivity contribution is 4.92. The molecule has 1 saturated carbocycles. The zero-order valence-electron chi connectivity index (χ0n) is 10.4. The molecule has 3 nitrogen and oxygen atoms in total. The van der Waals surface area contributed by atoms with Gasteiger partial charge in [0.2, 0.25) is 0 Å². The number of rotatable bonds is 2. The van der Waals surface area contributed by atoms with Crippen molar-refractivity contribution in [2.45, 2.75) is 44.3 Å². The largest absolute Gasteiger partial charge is 0.315 e. The Labute approximate surface area is 93.8 Å². The molecule has 1 aliphatic carbocycles. The third-order valence-electron chi connectivity index (χ3n) is 4.31. The van der Waals surface area contributed by atoms with Crippen LogP contribution in [0.25, 0.3) is 0 Å².